The van der Waals surface area contributed by atoms with Crippen molar-refractivity contribution in [3.63, 3.8) is 0 Å². The van der Waals surface area contributed by atoms with E-state index in [9.17, 15) is 19.5 Å². The summed E-state index contributed by atoms with van der Waals surface area (Å²) in [5.41, 5.74) is 30.7. The van der Waals surface area contributed by atoms with Crippen molar-refractivity contribution < 1.29 is 19.8 Å². The number of nitrogens with two attached hydrogens (primary N) is 4. The lowest BCUT2D eigenvalue weighted by Gasteiger charge is -2.06. The molecule has 0 spiro atoms. The molecule has 3 aromatic carbocycles. The van der Waals surface area contributed by atoms with Gasteiger partial charge in [0.2, 0.25) is 23.8 Å². The molecule has 11 aromatic rings. The van der Waals surface area contributed by atoms with Gasteiger partial charge in [-0.15, -0.1) is 23.5 Å². The second kappa shape index (κ2) is 29.4. The van der Waals surface area contributed by atoms with Crippen molar-refractivity contribution in [1.82, 2.24) is 78.1 Å². The van der Waals surface area contributed by atoms with E-state index in [-0.39, 0.29) is 24.9 Å². The van der Waals surface area contributed by atoms with Crippen LogP contribution in [-0.4, -0.2) is 123 Å². The molecule has 0 radical (unpaired) electrons. The van der Waals surface area contributed by atoms with Gasteiger partial charge < -0.3 is 51.4 Å². The number of aromatic nitrogens is 16. The van der Waals surface area contributed by atoms with Crippen LogP contribution in [0.4, 0.5) is 28.6 Å². The Balaban J connectivity index is 0.000000167. The lowest BCUT2D eigenvalue weighted by Crippen LogP contribution is -2.11. The Kier molecular flexibility index (Phi) is 22.3. The van der Waals surface area contributed by atoms with Crippen LogP contribution in [0.15, 0.2) is 130 Å². The summed E-state index contributed by atoms with van der Waals surface area (Å²) in [5.74, 6) is 2.65. The van der Waals surface area contributed by atoms with Crippen LogP contribution in [0.5, 0.6) is 0 Å². The van der Waals surface area contributed by atoms with E-state index < -0.39 is 11.3 Å². The summed E-state index contributed by atoms with van der Waals surface area (Å²) in [6.07, 6.45) is 11.1. The van der Waals surface area contributed by atoms with Gasteiger partial charge in [0.05, 0.1) is 48.0 Å². The number of aromatic amines is 1. The van der Waals surface area contributed by atoms with Gasteiger partial charge in [0.15, 0.2) is 28.1 Å². The molecular formula is C52H60N20O5S4. The van der Waals surface area contributed by atoms with Gasteiger partial charge in [0.25, 0.3) is 5.56 Å². The number of rotatable bonds is 13. The SMILES string of the molecule is C.CSCCc1nc(N)nc2c1ncn2C.Cn1cnc2c(=O)[nH]c(N)nc21.Cn1cnc2c(CCSc3ccccc3)nc(N)nc21.Cn1cnc2c(CCSc3ccccc3C(=O)O)nc(N)nc21.O=C(O)Sc1ccccc1. The molecule has 0 fully saturated rings. The van der Waals surface area contributed by atoms with Crippen LogP contribution in [0.2, 0.25) is 0 Å². The largest absolute Gasteiger partial charge is 0.478 e. The number of aryl methyl sites for hydroxylation is 7. The number of thioether (sulfide) groups is 4. The third kappa shape index (κ3) is 16.9. The number of carboxylic acids is 1. The van der Waals surface area contributed by atoms with Crippen molar-refractivity contribution >= 4 is 127 Å². The van der Waals surface area contributed by atoms with Gasteiger partial charge in [-0.05, 0) is 60.2 Å². The van der Waals surface area contributed by atoms with Crippen molar-refractivity contribution in [3.8, 4) is 0 Å². The van der Waals surface area contributed by atoms with Crippen molar-refractivity contribution in [2.75, 3.05) is 46.4 Å². The molecule has 0 saturated carbocycles. The minimum Gasteiger partial charge on any atom is -0.478 e. The molecule has 11 N–H and O–H groups in total. The summed E-state index contributed by atoms with van der Waals surface area (Å²) in [7, 11) is 7.41. The van der Waals surface area contributed by atoms with Gasteiger partial charge in [-0.25, -0.2) is 44.5 Å². The van der Waals surface area contributed by atoms with E-state index in [0.29, 0.717) is 46.4 Å². The summed E-state index contributed by atoms with van der Waals surface area (Å²) < 4.78 is 7.15. The van der Waals surface area contributed by atoms with E-state index in [0.717, 1.165) is 90.8 Å². The van der Waals surface area contributed by atoms with E-state index in [2.05, 4.69) is 78.2 Å². The molecule has 0 bridgehead atoms. The second-order valence-corrected chi connectivity index (χ2v) is 21.2. The maximum absolute atomic E-state index is 11.2. The molecule has 0 aliphatic rings. The number of nitrogens with one attached hydrogen (secondary N) is 1. The zero-order valence-electron chi connectivity index (χ0n) is 43.9. The molecule has 0 atom stereocenters. The third-order valence-corrected chi connectivity index (χ3v) is 14.5. The number of imidazole rings is 4. The molecule has 0 unspecified atom stereocenters. The number of anilines is 4. The number of hydrogen-bond donors (Lipinski definition) is 7. The van der Waals surface area contributed by atoms with Gasteiger partial charge in [-0.3, -0.25) is 9.78 Å². The van der Waals surface area contributed by atoms with Crippen LogP contribution < -0.4 is 28.5 Å². The number of fused-ring (bicyclic) bond motifs is 4. The number of carboxylic acid groups (broad SMARTS) is 2. The number of nitrogen functional groups attached to an aromatic ring is 4. The van der Waals surface area contributed by atoms with Crippen LogP contribution in [0.1, 0.15) is 34.9 Å². The highest BCUT2D eigenvalue weighted by Crippen LogP contribution is 2.26. The first-order valence-electron chi connectivity index (χ1n) is 24.0. The molecule has 0 aliphatic heterocycles. The van der Waals surface area contributed by atoms with E-state index in [4.69, 9.17) is 28.0 Å². The highest BCUT2D eigenvalue weighted by atomic mass is 32.2. The van der Waals surface area contributed by atoms with Crippen molar-refractivity contribution in [2.24, 2.45) is 28.2 Å². The average Bonchev–Trinajstić information content (AvgIpc) is 4.38. The Labute approximate surface area is 481 Å². The molecule has 0 saturated heterocycles. The molecule has 81 heavy (non-hydrogen) atoms. The predicted octanol–water partition coefficient (Wildman–Crippen LogP) is 7.44. The number of H-pyrrole nitrogens is 1. The minimum atomic E-state index is -0.925. The smallest absolute Gasteiger partial charge is 0.369 e. The van der Waals surface area contributed by atoms with Gasteiger partial charge in [0.1, 0.15) is 16.6 Å². The fourth-order valence-corrected chi connectivity index (χ4v) is 10.2. The predicted molar refractivity (Wildman–Crippen MR) is 324 cm³/mol. The molecular weight excluding hydrogens is 1110 g/mol. The zero-order valence-corrected chi connectivity index (χ0v) is 47.2. The molecule has 0 aliphatic carbocycles. The average molecular weight is 1170 g/mol. The summed E-state index contributed by atoms with van der Waals surface area (Å²) in [6, 6.07) is 26.3. The van der Waals surface area contributed by atoms with E-state index in [1.54, 1.807) is 89.0 Å². The standard InChI is InChI=1S/C15H15N5O2S.C14H15N5S.C9H13N5S.C7H6O2S.C6H7N5O.CH4/c1-20-8-17-12-10(18-15(16)19-13(12)20)6-7-23-11-5-3-2-4-9(11)14(21)22;1-19-9-16-12-11(17-14(15)18-13(12)19)7-8-20-10-5-3-2-4-6-10;1-14-5-11-7-6(3-4-15-2)12-9(10)13-8(7)14;8-7(9)10-6-4-2-1-3-5-6;1-11-2-8-3-4(11)9-6(7)10-5(3)12;/h2-5,8H,6-7H2,1H3,(H,21,22)(H2,16,18,19);2-6,9H,7-8H2,1H3,(H2,15,17,18);5H,3-4H2,1-2H3,(H2,10,12,13);1-5H,(H,8,9);2H,1H3,(H3,7,9,10,12);1H4. The lowest BCUT2D eigenvalue weighted by molar-refractivity contribution is 0.0693. The van der Waals surface area contributed by atoms with Gasteiger partial charge >= 0.3 is 11.3 Å². The summed E-state index contributed by atoms with van der Waals surface area (Å²) in [5, 5.41) is 16.7. The van der Waals surface area contributed by atoms with Crippen LogP contribution in [-0.2, 0) is 47.5 Å². The van der Waals surface area contributed by atoms with Gasteiger partial charge in [-0.1, -0.05) is 56.0 Å². The highest BCUT2D eigenvalue weighted by Gasteiger charge is 2.15. The molecule has 8 heterocycles. The number of aromatic carboxylic acids is 1. The summed E-state index contributed by atoms with van der Waals surface area (Å²) >= 11 is 5.87. The topological polar surface area (TPSA) is 373 Å². The normalized spacial score (nSPS) is 10.6. The van der Waals surface area contributed by atoms with E-state index >= 15 is 0 Å². The first-order chi connectivity index (χ1) is 38.5. The number of nitrogens with zero attached hydrogens (tertiary/aromatic N) is 15. The molecule has 8 aromatic heterocycles. The van der Waals surface area contributed by atoms with Crippen molar-refractivity contribution in [1.29, 1.82) is 0 Å². The Hall–Kier alpha value is -8.80. The summed E-state index contributed by atoms with van der Waals surface area (Å²) in [6.45, 7) is 0. The number of benzene rings is 3. The van der Waals surface area contributed by atoms with Crippen LogP contribution in [0, 0.1) is 0 Å². The van der Waals surface area contributed by atoms with Crippen molar-refractivity contribution in [2.45, 2.75) is 41.4 Å². The third-order valence-electron chi connectivity index (χ3n) is 11.1. The fraction of sp³-hybridized carbons (Fsp3) is 0.231. The zero-order chi connectivity index (χ0) is 57.3. The lowest BCUT2D eigenvalue weighted by atomic mass is 10.2. The number of carbonyl (C=O) groups is 2. The quantitative estimate of drug-likeness (QED) is 0.0551. The maximum Gasteiger partial charge on any atom is 0.369 e. The minimum absolute atomic E-state index is 0. The Morgan fingerprint density at radius 3 is 1.36 bits per heavy atom. The molecule has 29 heteroatoms. The molecule has 25 nitrogen and oxygen atoms in total. The molecule has 422 valence electrons. The maximum atomic E-state index is 11.2. The van der Waals surface area contributed by atoms with Crippen LogP contribution in [0.25, 0.3) is 44.7 Å². The second-order valence-electron chi connectivity index (χ2n) is 16.9. The Bertz CT molecular complexity index is 3930. The van der Waals surface area contributed by atoms with Gasteiger partial charge in [0, 0.05) is 73.6 Å². The monoisotopic (exact) mass is 1170 g/mol. The first-order valence-corrected chi connectivity index (χ1v) is 28.2. The molecule has 0 amide bonds. The van der Waals surface area contributed by atoms with Crippen LogP contribution >= 0.6 is 47.0 Å². The van der Waals surface area contributed by atoms with E-state index in [1.165, 1.54) is 23.0 Å². The van der Waals surface area contributed by atoms with E-state index in [1.807, 2.05) is 72.7 Å². The van der Waals surface area contributed by atoms with Crippen molar-refractivity contribution in [3.05, 3.63) is 143 Å². The van der Waals surface area contributed by atoms with Crippen LogP contribution in [0.3, 0.4) is 0 Å². The summed E-state index contributed by atoms with van der Waals surface area (Å²) in [4.78, 5) is 83.7. The van der Waals surface area contributed by atoms with Gasteiger partial charge in [-0.2, -0.15) is 31.7 Å². The highest BCUT2D eigenvalue weighted by molar-refractivity contribution is 8.13. The Morgan fingerprint density at radius 2 is 0.914 bits per heavy atom. The fourth-order valence-electron chi connectivity index (χ4n) is 7.41. The number of hydrogen-bond acceptors (Lipinski definition) is 22. The Morgan fingerprint density at radius 1 is 0.519 bits per heavy atom. The first kappa shape index (κ1) is 61.4. The molecule has 11 rings (SSSR count).